The van der Waals surface area contributed by atoms with Crippen LogP contribution in [0.15, 0.2) is 29.6 Å². The lowest BCUT2D eigenvalue weighted by Crippen LogP contribution is -2.48. The van der Waals surface area contributed by atoms with Gasteiger partial charge in [0.15, 0.2) is 0 Å². The van der Waals surface area contributed by atoms with Crippen molar-refractivity contribution in [1.82, 2.24) is 9.80 Å². The summed E-state index contributed by atoms with van der Waals surface area (Å²) in [5, 5.41) is 5.27. The molecule has 3 heterocycles. The van der Waals surface area contributed by atoms with Crippen LogP contribution in [-0.2, 0) is 13.0 Å². The van der Waals surface area contributed by atoms with Crippen LogP contribution >= 0.6 is 11.3 Å². The van der Waals surface area contributed by atoms with E-state index in [1.807, 2.05) is 28.4 Å². The molecule has 4 nitrogen and oxygen atoms in total. The lowest BCUT2D eigenvalue weighted by Gasteiger charge is -2.40. The Morgan fingerprint density at radius 1 is 1.12 bits per heavy atom. The van der Waals surface area contributed by atoms with Crippen LogP contribution < -0.4 is 5.32 Å². The van der Waals surface area contributed by atoms with Gasteiger partial charge in [0.05, 0.1) is 0 Å². The standard InChI is InChI=1S/C21H27N3OS/c1-15-3-4-18(13-16(15)2)22-21(25)23-9-5-19(6-10-23)24-11-7-20-17(14-24)8-12-26-20/h3-4,8,12-13,19H,5-7,9-11,14H2,1-2H3,(H,22,25). The van der Waals surface area contributed by atoms with Gasteiger partial charge in [-0.2, -0.15) is 0 Å². The first-order valence-corrected chi connectivity index (χ1v) is 10.4. The summed E-state index contributed by atoms with van der Waals surface area (Å²) in [6, 6.07) is 9.01. The van der Waals surface area contributed by atoms with Crippen LogP contribution in [0.5, 0.6) is 0 Å². The SMILES string of the molecule is Cc1ccc(NC(=O)N2CCC(N3CCc4sccc4C3)CC2)cc1C. The van der Waals surface area contributed by atoms with Gasteiger partial charge in [-0.05, 0) is 73.4 Å². The normalized spacial score (nSPS) is 18.6. The molecule has 0 unspecified atom stereocenters. The van der Waals surface area contributed by atoms with Gasteiger partial charge >= 0.3 is 6.03 Å². The minimum absolute atomic E-state index is 0.0328. The van der Waals surface area contributed by atoms with Gasteiger partial charge in [0.25, 0.3) is 0 Å². The molecule has 0 spiro atoms. The minimum atomic E-state index is 0.0328. The molecule has 2 aliphatic heterocycles. The second kappa shape index (κ2) is 7.41. The van der Waals surface area contributed by atoms with Crippen molar-refractivity contribution in [2.75, 3.05) is 25.0 Å². The number of carbonyl (C=O) groups excluding carboxylic acids is 1. The van der Waals surface area contributed by atoms with Crippen molar-refractivity contribution in [3.63, 3.8) is 0 Å². The number of nitrogens with zero attached hydrogens (tertiary/aromatic N) is 2. The highest BCUT2D eigenvalue weighted by Crippen LogP contribution is 2.28. The van der Waals surface area contributed by atoms with Crippen molar-refractivity contribution in [1.29, 1.82) is 0 Å². The fourth-order valence-electron chi connectivity index (χ4n) is 4.04. The van der Waals surface area contributed by atoms with Crippen LogP contribution in [0.25, 0.3) is 0 Å². The summed E-state index contributed by atoms with van der Waals surface area (Å²) < 4.78 is 0. The highest BCUT2D eigenvalue weighted by Gasteiger charge is 2.29. The van der Waals surface area contributed by atoms with Crippen molar-refractivity contribution in [3.8, 4) is 0 Å². The largest absolute Gasteiger partial charge is 0.324 e. The highest BCUT2D eigenvalue weighted by atomic mass is 32.1. The van der Waals surface area contributed by atoms with Gasteiger partial charge in [-0.15, -0.1) is 11.3 Å². The summed E-state index contributed by atoms with van der Waals surface area (Å²) in [5.74, 6) is 0. The summed E-state index contributed by atoms with van der Waals surface area (Å²) in [6.07, 6.45) is 3.32. The van der Waals surface area contributed by atoms with Crippen LogP contribution in [0.2, 0.25) is 0 Å². The van der Waals surface area contributed by atoms with Gasteiger partial charge in [0, 0.05) is 42.8 Å². The molecule has 1 N–H and O–H groups in total. The van der Waals surface area contributed by atoms with Crippen molar-refractivity contribution < 1.29 is 4.79 Å². The molecule has 26 heavy (non-hydrogen) atoms. The number of likely N-dealkylation sites (tertiary alicyclic amines) is 1. The van der Waals surface area contributed by atoms with E-state index in [-0.39, 0.29) is 6.03 Å². The van der Waals surface area contributed by atoms with E-state index in [9.17, 15) is 4.79 Å². The number of carbonyl (C=O) groups is 1. The van der Waals surface area contributed by atoms with E-state index in [4.69, 9.17) is 0 Å². The number of nitrogens with one attached hydrogen (secondary N) is 1. The van der Waals surface area contributed by atoms with Gasteiger partial charge < -0.3 is 10.2 Å². The summed E-state index contributed by atoms with van der Waals surface area (Å²) in [7, 11) is 0. The minimum Gasteiger partial charge on any atom is -0.324 e. The Kier molecular flexibility index (Phi) is 5.00. The summed E-state index contributed by atoms with van der Waals surface area (Å²) in [6.45, 7) is 8.09. The molecule has 0 atom stereocenters. The maximum Gasteiger partial charge on any atom is 0.321 e. The molecule has 0 saturated carbocycles. The van der Waals surface area contributed by atoms with Gasteiger partial charge in [-0.1, -0.05) is 6.07 Å². The van der Waals surface area contributed by atoms with E-state index in [0.29, 0.717) is 6.04 Å². The van der Waals surface area contributed by atoms with E-state index in [1.165, 1.54) is 23.1 Å². The number of piperidine rings is 1. The lowest BCUT2D eigenvalue weighted by atomic mass is 10.00. The number of fused-ring (bicyclic) bond motifs is 1. The number of hydrogen-bond donors (Lipinski definition) is 1. The number of anilines is 1. The maximum atomic E-state index is 12.6. The predicted molar refractivity (Wildman–Crippen MR) is 108 cm³/mol. The van der Waals surface area contributed by atoms with Crippen LogP contribution in [0.3, 0.4) is 0 Å². The number of aryl methyl sites for hydroxylation is 2. The molecule has 2 aromatic rings. The average molecular weight is 370 g/mol. The smallest absolute Gasteiger partial charge is 0.321 e. The van der Waals surface area contributed by atoms with E-state index in [2.05, 4.69) is 41.6 Å². The average Bonchev–Trinajstić information content (AvgIpc) is 3.12. The summed E-state index contributed by atoms with van der Waals surface area (Å²) in [5.41, 5.74) is 4.86. The molecular formula is C21H27N3OS. The zero-order chi connectivity index (χ0) is 18.1. The van der Waals surface area contributed by atoms with Crippen molar-refractivity contribution in [3.05, 3.63) is 51.2 Å². The zero-order valence-electron chi connectivity index (χ0n) is 15.6. The molecule has 138 valence electrons. The number of benzene rings is 1. The van der Waals surface area contributed by atoms with Crippen molar-refractivity contribution in [2.24, 2.45) is 0 Å². The maximum absolute atomic E-state index is 12.6. The van der Waals surface area contributed by atoms with Crippen molar-refractivity contribution in [2.45, 2.75) is 45.7 Å². The number of amides is 2. The first-order valence-electron chi connectivity index (χ1n) is 9.52. The topological polar surface area (TPSA) is 35.6 Å². The van der Waals surface area contributed by atoms with Gasteiger partial charge in [0.1, 0.15) is 0 Å². The Morgan fingerprint density at radius 3 is 2.69 bits per heavy atom. The molecular weight excluding hydrogens is 342 g/mol. The van der Waals surface area contributed by atoms with Crippen LogP contribution in [0, 0.1) is 13.8 Å². The molecule has 1 fully saturated rings. The van der Waals surface area contributed by atoms with Crippen LogP contribution in [0.1, 0.15) is 34.4 Å². The third-order valence-electron chi connectivity index (χ3n) is 5.86. The van der Waals surface area contributed by atoms with Gasteiger partial charge in [0.2, 0.25) is 0 Å². The highest BCUT2D eigenvalue weighted by molar-refractivity contribution is 7.10. The quantitative estimate of drug-likeness (QED) is 0.850. The number of urea groups is 1. The van der Waals surface area contributed by atoms with E-state index in [1.54, 1.807) is 4.88 Å². The fourth-order valence-corrected chi connectivity index (χ4v) is 4.93. The van der Waals surface area contributed by atoms with E-state index in [0.717, 1.165) is 44.7 Å². The van der Waals surface area contributed by atoms with Crippen LogP contribution in [0.4, 0.5) is 10.5 Å². The zero-order valence-corrected chi connectivity index (χ0v) is 16.4. The summed E-state index contributed by atoms with van der Waals surface area (Å²) >= 11 is 1.89. The third-order valence-corrected chi connectivity index (χ3v) is 6.89. The van der Waals surface area contributed by atoms with Gasteiger partial charge in [-0.3, -0.25) is 4.90 Å². The molecule has 2 aliphatic rings. The van der Waals surface area contributed by atoms with E-state index < -0.39 is 0 Å². The molecule has 1 aromatic carbocycles. The Labute approximate surface area is 159 Å². The summed E-state index contributed by atoms with van der Waals surface area (Å²) in [4.78, 5) is 18.7. The van der Waals surface area contributed by atoms with Crippen LogP contribution in [-0.4, -0.2) is 41.5 Å². The number of rotatable bonds is 2. The Hall–Kier alpha value is -1.85. The van der Waals surface area contributed by atoms with E-state index >= 15 is 0 Å². The number of thiophene rings is 1. The Morgan fingerprint density at radius 2 is 1.92 bits per heavy atom. The molecule has 4 rings (SSSR count). The lowest BCUT2D eigenvalue weighted by molar-refractivity contribution is 0.111. The Balaban J connectivity index is 1.30. The fraction of sp³-hybridized carbons (Fsp3) is 0.476. The second-order valence-corrected chi connectivity index (χ2v) is 8.54. The predicted octanol–water partition coefficient (Wildman–Crippen LogP) is 4.42. The molecule has 5 heteroatoms. The van der Waals surface area contributed by atoms with Gasteiger partial charge in [-0.25, -0.2) is 4.79 Å². The van der Waals surface area contributed by atoms with Crippen molar-refractivity contribution >= 4 is 23.1 Å². The Bertz CT molecular complexity index is 792. The molecule has 0 aliphatic carbocycles. The molecule has 1 aromatic heterocycles. The first-order chi connectivity index (χ1) is 12.6. The number of hydrogen-bond acceptors (Lipinski definition) is 3. The monoisotopic (exact) mass is 369 g/mol. The third kappa shape index (κ3) is 3.64. The molecule has 0 bridgehead atoms. The molecule has 1 saturated heterocycles. The first kappa shape index (κ1) is 17.6. The molecule has 0 radical (unpaired) electrons. The molecule has 2 amide bonds. The second-order valence-electron chi connectivity index (χ2n) is 7.54.